The SMILES string of the molecule is Cc1nnc(-c2ccncn2)nn1.N#Cc1ccncn1. The monoisotopic (exact) mass is 279 g/mol. The highest BCUT2D eigenvalue weighted by Crippen LogP contribution is 2.05. The fourth-order valence-electron chi connectivity index (χ4n) is 1.16. The topological polar surface area (TPSA) is 127 Å². The lowest BCUT2D eigenvalue weighted by atomic mass is 10.4. The van der Waals surface area contributed by atoms with Crippen LogP contribution in [0.1, 0.15) is 11.5 Å². The van der Waals surface area contributed by atoms with Crippen LogP contribution in [0.3, 0.4) is 0 Å². The molecule has 0 aromatic carbocycles. The van der Waals surface area contributed by atoms with Crippen molar-refractivity contribution in [2.45, 2.75) is 6.92 Å². The van der Waals surface area contributed by atoms with Gasteiger partial charge in [0.1, 0.15) is 30.1 Å². The second-order valence-corrected chi connectivity index (χ2v) is 3.57. The smallest absolute Gasteiger partial charge is 0.222 e. The number of aromatic nitrogens is 8. The molecule has 0 spiro atoms. The highest BCUT2D eigenvalue weighted by molar-refractivity contribution is 5.45. The summed E-state index contributed by atoms with van der Waals surface area (Å²) in [5.41, 5.74) is 1.02. The van der Waals surface area contributed by atoms with Gasteiger partial charge in [0.25, 0.3) is 0 Å². The number of hydrogen-bond acceptors (Lipinski definition) is 9. The molecule has 9 heteroatoms. The van der Waals surface area contributed by atoms with Gasteiger partial charge in [-0.05, 0) is 19.1 Å². The quantitative estimate of drug-likeness (QED) is 0.620. The Bertz CT molecular complexity index is 707. The van der Waals surface area contributed by atoms with E-state index in [2.05, 4.69) is 40.3 Å². The fraction of sp³-hybridized carbons (Fsp3) is 0.0833. The first-order valence-electron chi connectivity index (χ1n) is 5.76. The maximum absolute atomic E-state index is 8.20. The molecule has 0 saturated heterocycles. The number of nitriles is 1. The first kappa shape index (κ1) is 14.0. The molecule has 0 atom stereocenters. The Morgan fingerprint density at radius 2 is 1.57 bits per heavy atom. The van der Waals surface area contributed by atoms with E-state index in [0.717, 1.165) is 0 Å². The summed E-state index contributed by atoms with van der Waals surface area (Å²) < 4.78 is 0. The molecule has 21 heavy (non-hydrogen) atoms. The molecule has 0 fully saturated rings. The van der Waals surface area contributed by atoms with Gasteiger partial charge in [-0.3, -0.25) is 0 Å². The number of rotatable bonds is 1. The van der Waals surface area contributed by atoms with E-state index in [-0.39, 0.29) is 0 Å². The van der Waals surface area contributed by atoms with Gasteiger partial charge < -0.3 is 0 Å². The van der Waals surface area contributed by atoms with Gasteiger partial charge in [0, 0.05) is 12.4 Å². The van der Waals surface area contributed by atoms with E-state index in [1.54, 1.807) is 25.3 Å². The predicted octanol–water partition coefficient (Wildman–Crippen LogP) is 0.380. The average Bonchev–Trinajstić information content (AvgIpc) is 2.58. The van der Waals surface area contributed by atoms with Crippen LogP contribution in [0.4, 0.5) is 0 Å². The van der Waals surface area contributed by atoms with Crippen LogP contribution in [-0.2, 0) is 0 Å². The molecule has 3 aromatic heterocycles. The molecular weight excluding hydrogens is 270 g/mol. The highest BCUT2D eigenvalue weighted by Gasteiger charge is 2.02. The van der Waals surface area contributed by atoms with Crippen LogP contribution in [-0.4, -0.2) is 40.3 Å². The van der Waals surface area contributed by atoms with Gasteiger partial charge in [-0.25, -0.2) is 19.9 Å². The Labute approximate surface area is 119 Å². The van der Waals surface area contributed by atoms with E-state index in [0.29, 0.717) is 23.0 Å². The third kappa shape index (κ3) is 4.32. The summed E-state index contributed by atoms with van der Waals surface area (Å²) in [6.45, 7) is 1.73. The molecule has 0 amide bonds. The molecule has 3 rings (SSSR count). The molecule has 0 aliphatic heterocycles. The molecule has 3 heterocycles. The molecule has 0 unspecified atom stereocenters. The summed E-state index contributed by atoms with van der Waals surface area (Å²) in [4.78, 5) is 15.0. The molecule has 0 aliphatic carbocycles. The van der Waals surface area contributed by atoms with Crippen LogP contribution in [0, 0.1) is 18.3 Å². The zero-order valence-electron chi connectivity index (χ0n) is 11.0. The lowest BCUT2D eigenvalue weighted by Gasteiger charge is -1.94. The summed E-state index contributed by atoms with van der Waals surface area (Å²) in [5, 5.41) is 23.4. The van der Waals surface area contributed by atoms with E-state index in [1.165, 1.54) is 18.9 Å². The van der Waals surface area contributed by atoms with Gasteiger partial charge in [0.15, 0.2) is 5.82 Å². The Morgan fingerprint density at radius 3 is 2.05 bits per heavy atom. The zero-order valence-corrected chi connectivity index (χ0v) is 11.0. The van der Waals surface area contributed by atoms with Gasteiger partial charge >= 0.3 is 0 Å². The summed E-state index contributed by atoms with van der Waals surface area (Å²) in [6, 6.07) is 5.13. The number of hydrogen-bond donors (Lipinski definition) is 0. The molecule has 9 nitrogen and oxygen atoms in total. The maximum atomic E-state index is 8.20. The molecule has 102 valence electrons. The first-order valence-corrected chi connectivity index (χ1v) is 5.76. The van der Waals surface area contributed by atoms with E-state index in [1.807, 2.05) is 6.07 Å². The third-order valence-electron chi connectivity index (χ3n) is 2.09. The summed E-state index contributed by atoms with van der Waals surface area (Å²) in [6.07, 6.45) is 5.92. The van der Waals surface area contributed by atoms with E-state index in [4.69, 9.17) is 5.26 Å². The zero-order chi connectivity index (χ0) is 14.9. The first-order chi connectivity index (χ1) is 10.3. The van der Waals surface area contributed by atoms with Crippen LogP contribution in [0.2, 0.25) is 0 Å². The highest BCUT2D eigenvalue weighted by atomic mass is 15.3. The summed E-state index contributed by atoms with van der Waals surface area (Å²) in [7, 11) is 0. The van der Waals surface area contributed by atoms with Crippen LogP contribution in [0.15, 0.2) is 37.2 Å². The molecule has 0 N–H and O–H groups in total. The Hall–Kier alpha value is -3.41. The van der Waals surface area contributed by atoms with Gasteiger partial charge in [-0.2, -0.15) is 5.26 Å². The minimum Gasteiger partial charge on any atom is -0.245 e. The second-order valence-electron chi connectivity index (χ2n) is 3.57. The van der Waals surface area contributed by atoms with Crippen LogP contribution < -0.4 is 0 Å². The van der Waals surface area contributed by atoms with E-state index in [9.17, 15) is 0 Å². The van der Waals surface area contributed by atoms with Crippen molar-refractivity contribution >= 4 is 0 Å². The molecule has 3 aromatic rings. The van der Waals surface area contributed by atoms with Gasteiger partial charge in [0.2, 0.25) is 5.82 Å². The molecule has 0 aliphatic rings. The van der Waals surface area contributed by atoms with Crippen molar-refractivity contribution in [1.29, 1.82) is 5.26 Å². The minimum atomic E-state index is 0.403. The standard InChI is InChI=1S/C7H6N6.C5H3N3/c1-5-10-12-7(13-11-5)6-2-3-8-4-9-6;6-3-5-1-2-7-4-8-5/h2-4H,1H3;1-2,4H. The molecule has 0 bridgehead atoms. The molecular formula is C12H9N9. The van der Waals surface area contributed by atoms with Crippen molar-refractivity contribution in [2.75, 3.05) is 0 Å². The number of nitrogens with zero attached hydrogens (tertiary/aromatic N) is 9. The number of aryl methyl sites for hydroxylation is 1. The van der Waals surface area contributed by atoms with Gasteiger partial charge in [-0.15, -0.1) is 20.4 Å². The van der Waals surface area contributed by atoms with Crippen molar-refractivity contribution in [2.24, 2.45) is 0 Å². The fourth-order valence-corrected chi connectivity index (χ4v) is 1.16. The van der Waals surface area contributed by atoms with E-state index < -0.39 is 0 Å². The maximum Gasteiger partial charge on any atom is 0.222 e. The lowest BCUT2D eigenvalue weighted by Crippen LogP contribution is -1.99. The Balaban J connectivity index is 0.000000173. The van der Waals surface area contributed by atoms with Crippen LogP contribution in [0.25, 0.3) is 11.5 Å². The van der Waals surface area contributed by atoms with E-state index >= 15 is 0 Å². The molecule has 0 radical (unpaired) electrons. The second kappa shape index (κ2) is 7.25. The van der Waals surface area contributed by atoms with Crippen molar-refractivity contribution in [1.82, 2.24) is 40.3 Å². The Kier molecular flexibility index (Phi) is 4.83. The summed E-state index contributed by atoms with van der Waals surface area (Å²) in [5.74, 6) is 0.950. The predicted molar refractivity (Wildman–Crippen MR) is 70.1 cm³/mol. The van der Waals surface area contributed by atoms with Crippen molar-refractivity contribution in [3.05, 3.63) is 48.7 Å². The van der Waals surface area contributed by atoms with Crippen LogP contribution in [0.5, 0.6) is 0 Å². The van der Waals surface area contributed by atoms with Gasteiger partial charge in [0.05, 0.1) is 0 Å². The van der Waals surface area contributed by atoms with Crippen molar-refractivity contribution in [3.8, 4) is 17.6 Å². The Morgan fingerprint density at radius 1 is 0.905 bits per heavy atom. The molecule has 0 saturated carbocycles. The van der Waals surface area contributed by atoms with Crippen molar-refractivity contribution in [3.63, 3.8) is 0 Å². The summed E-state index contributed by atoms with van der Waals surface area (Å²) >= 11 is 0. The average molecular weight is 279 g/mol. The minimum absolute atomic E-state index is 0.403. The van der Waals surface area contributed by atoms with Crippen molar-refractivity contribution < 1.29 is 0 Å². The largest absolute Gasteiger partial charge is 0.245 e. The van der Waals surface area contributed by atoms with Crippen LogP contribution >= 0.6 is 0 Å². The third-order valence-corrected chi connectivity index (χ3v) is 2.09. The normalized spacial score (nSPS) is 9.14. The lowest BCUT2D eigenvalue weighted by molar-refractivity contribution is 0.811. The van der Waals surface area contributed by atoms with Gasteiger partial charge in [-0.1, -0.05) is 0 Å².